The predicted molar refractivity (Wildman–Crippen MR) is 82.1 cm³/mol. The van der Waals surface area contributed by atoms with Crippen LogP contribution in [0.2, 0.25) is 0 Å². The highest BCUT2D eigenvalue weighted by atomic mass is 32.1. The van der Waals surface area contributed by atoms with Gasteiger partial charge < -0.3 is 0 Å². The first-order valence-electron chi connectivity index (χ1n) is 6.46. The Balaban J connectivity index is 2.08. The monoisotopic (exact) mass is 295 g/mol. The molecule has 0 saturated carbocycles. The summed E-state index contributed by atoms with van der Waals surface area (Å²) in [4.78, 5) is 10.1. The standard InChI is InChI=1S/C16H10FN3S/c17-11-4-1-5-12(10-11)20-15-13(6-2-8-18-15)19-16(20)14-7-3-9-21-14/h1-10H. The summed E-state index contributed by atoms with van der Waals surface area (Å²) in [6.07, 6.45) is 1.72. The number of hydrogen-bond donors (Lipinski definition) is 0. The molecule has 4 aromatic rings. The first kappa shape index (κ1) is 12.2. The molecule has 0 saturated heterocycles. The molecule has 0 bridgehead atoms. The fourth-order valence-corrected chi connectivity index (χ4v) is 3.05. The van der Waals surface area contributed by atoms with Crippen molar-refractivity contribution in [2.24, 2.45) is 0 Å². The fourth-order valence-electron chi connectivity index (χ4n) is 2.34. The van der Waals surface area contributed by atoms with Crippen molar-refractivity contribution in [2.75, 3.05) is 0 Å². The minimum atomic E-state index is -0.276. The third-order valence-corrected chi connectivity index (χ3v) is 4.09. The lowest BCUT2D eigenvalue weighted by Gasteiger charge is -2.07. The third-order valence-electron chi connectivity index (χ3n) is 3.22. The summed E-state index contributed by atoms with van der Waals surface area (Å²) in [5, 5.41) is 2.00. The number of halogens is 1. The second-order valence-electron chi connectivity index (χ2n) is 4.57. The van der Waals surface area contributed by atoms with Crippen molar-refractivity contribution in [3.8, 4) is 16.4 Å². The number of rotatable bonds is 2. The zero-order valence-corrected chi connectivity index (χ0v) is 11.7. The zero-order valence-electron chi connectivity index (χ0n) is 10.9. The van der Waals surface area contributed by atoms with Crippen LogP contribution < -0.4 is 0 Å². The van der Waals surface area contributed by atoms with E-state index < -0.39 is 0 Å². The molecule has 3 nitrogen and oxygen atoms in total. The molecular weight excluding hydrogens is 285 g/mol. The minimum Gasteiger partial charge on any atom is -0.276 e. The van der Waals surface area contributed by atoms with E-state index in [0.29, 0.717) is 0 Å². The Kier molecular flexibility index (Phi) is 2.79. The highest BCUT2D eigenvalue weighted by Crippen LogP contribution is 2.30. The van der Waals surface area contributed by atoms with Gasteiger partial charge in [-0.25, -0.2) is 14.4 Å². The van der Waals surface area contributed by atoms with Gasteiger partial charge in [-0.15, -0.1) is 11.3 Å². The van der Waals surface area contributed by atoms with Crippen LogP contribution in [0.1, 0.15) is 0 Å². The lowest BCUT2D eigenvalue weighted by Crippen LogP contribution is -1.98. The van der Waals surface area contributed by atoms with Gasteiger partial charge in [-0.1, -0.05) is 12.1 Å². The van der Waals surface area contributed by atoms with Crippen LogP contribution in [-0.2, 0) is 0 Å². The molecule has 0 radical (unpaired) electrons. The van der Waals surface area contributed by atoms with Gasteiger partial charge in [0.05, 0.1) is 10.6 Å². The smallest absolute Gasteiger partial charge is 0.164 e. The van der Waals surface area contributed by atoms with Crippen molar-refractivity contribution in [1.82, 2.24) is 14.5 Å². The summed E-state index contributed by atoms with van der Waals surface area (Å²) in [7, 11) is 0. The number of hydrogen-bond acceptors (Lipinski definition) is 3. The molecule has 4 rings (SSSR count). The number of pyridine rings is 1. The molecule has 5 heteroatoms. The zero-order chi connectivity index (χ0) is 14.2. The van der Waals surface area contributed by atoms with Crippen molar-refractivity contribution in [1.29, 1.82) is 0 Å². The van der Waals surface area contributed by atoms with E-state index in [9.17, 15) is 4.39 Å². The van der Waals surface area contributed by atoms with Crippen LogP contribution in [0.4, 0.5) is 4.39 Å². The molecular formula is C16H10FN3S. The van der Waals surface area contributed by atoms with E-state index in [-0.39, 0.29) is 5.82 Å². The number of benzene rings is 1. The van der Waals surface area contributed by atoms with E-state index in [1.165, 1.54) is 12.1 Å². The number of aromatic nitrogens is 3. The number of thiophene rings is 1. The van der Waals surface area contributed by atoms with Gasteiger partial charge in [0.25, 0.3) is 0 Å². The van der Waals surface area contributed by atoms with Crippen molar-refractivity contribution in [2.45, 2.75) is 0 Å². The number of fused-ring (bicyclic) bond motifs is 1. The molecule has 0 spiro atoms. The van der Waals surface area contributed by atoms with Crippen molar-refractivity contribution in [3.05, 3.63) is 65.9 Å². The van der Waals surface area contributed by atoms with Crippen molar-refractivity contribution < 1.29 is 4.39 Å². The molecule has 102 valence electrons. The van der Waals surface area contributed by atoms with Gasteiger partial charge in [0.15, 0.2) is 11.5 Å². The van der Waals surface area contributed by atoms with Crippen molar-refractivity contribution >= 4 is 22.5 Å². The lowest BCUT2D eigenvalue weighted by molar-refractivity contribution is 0.627. The first-order chi connectivity index (χ1) is 10.3. The summed E-state index contributed by atoms with van der Waals surface area (Å²) >= 11 is 1.60. The molecule has 0 unspecified atom stereocenters. The van der Waals surface area contributed by atoms with Crippen LogP contribution in [0.3, 0.4) is 0 Å². The molecule has 0 atom stereocenters. The molecule has 3 heterocycles. The second-order valence-corrected chi connectivity index (χ2v) is 5.52. The van der Waals surface area contributed by atoms with Crippen LogP contribution in [0, 0.1) is 5.82 Å². The average molecular weight is 295 g/mol. The Morgan fingerprint density at radius 1 is 1.05 bits per heavy atom. The Labute approximate surface area is 124 Å². The largest absolute Gasteiger partial charge is 0.276 e. The molecule has 0 fully saturated rings. The summed E-state index contributed by atoms with van der Waals surface area (Å²) < 4.78 is 15.5. The van der Waals surface area contributed by atoms with Gasteiger partial charge in [0, 0.05) is 6.20 Å². The van der Waals surface area contributed by atoms with E-state index in [1.54, 1.807) is 23.6 Å². The summed E-state index contributed by atoms with van der Waals surface area (Å²) in [5.74, 6) is 0.506. The number of imidazole rings is 1. The summed E-state index contributed by atoms with van der Waals surface area (Å²) in [5.41, 5.74) is 2.25. The minimum absolute atomic E-state index is 0.276. The van der Waals surface area contributed by atoms with Crippen molar-refractivity contribution in [3.63, 3.8) is 0 Å². The average Bonchev–Trinajstić information content (AvgIpc) is 3.14. The van der Waals surface area contributed by atoms with E-state index >= 15 is 0 Å². The maximum Gasteiger partial charge on any atom is 0.164 e. The van der Waals surface area contributed by atoms with Crippen LogP contribution in [0.15, 0.2) is 60.1 Å². The third kappa shape index (κ3) is 2.02. The predicted octanol–water partition coefficient (Wildman–Crippen LogP) is 4.29. The molecule has 21 heavy (non-hydrogen) atoms. The van der Waals surface area contributed by atoms with E-state index in [4.69, 9.17) is 0 Å². The molecule has 0 amide bonds. The Morgan fingerprint density at radius 2 is 2.00 bits per heavy atom. The first-order valence-corrected chi connectivity index (χ1v) is 7.34. The highest BCUT2D eigenvalue weighted by molar-refractivity contribution is 7.13. The Morgan fingerprint density at radius 3 is 2.81 bits per heavy atom. The van der Waals surface area contributed by atoms with Gasteiger partial charge in [0.1, 0.15) is 11.3 Å². The molecule has 0 aliphatic heterocycles. The van der Waals surface area contributed by atoms with Gasteiger partial charge in [0.2, 0.25) is 0 Å². The molecule has 0 aliphatic carbocycles. The quantitative estimate of drug-likeness (QED) is 0.552. The van der Waals surface area contributed by atoms with E-state index in [2.05, 4.69) is 9.97 Å². The molecule has 1 aromatic carbocycles. The molecule has 3 aromatic heterocycles. The fraction of sp³-hybridized carbons (Fsp3) is 0. The number of nitrogens with zero attached hydrogens (tertiary/aromatic N) is 3. The summed E-state index contributed by atoms with van der Waals surface area (Å²) in [6.45, 7) is 0. The highest BCUT2D eigenvalue weighted by Gasteiger charge is 2.15. The Hall–Kier alpha value is -2.53. The topological polar surface area (TPSA) is 30.7 Å². The van der Waals surface area contributed by atoms with E-state index in [0.717, 1.165) is 27.6 Å². The van der Waals surface area contributed by atoms with Gasteiger partial charge in [-0.3, -0.25) is 4.57 Å². The van der Waals surface area contributed by atoms with Crippen LogP contribution >= 0.6 is 11.3 Å². The maximum absolute atomic E-state index is 13.6. The Bertz CT molecular complexity index is 912. The molecule has 0 N–H and O–H groups in total. The second kappa shape index (κ2) is 4.79. The normalized spacial score (nSPS) is 11.1. The maximum atomic E-state index is 13.6. The van der Waals surface area contributed by atoms with Gasteiger partial charge >= 0.3 is 0 Å². The van der Waals surface area contributed by atoms with Crippen LogP contribution in [0.5, 0.6) is 0 Å². The van der Waals surface area contributed by atoms with Crippen LogP contribution in [0.25, 0.3) is 27.6 Å². The SMILES string of the molecule is Fc1cccc(-n2c(-c3cccs3)nc3cccnc32)c1. The van der Waals surface area contributed by atoms with E-state index in [1.807, 2.05) is 40.3 Å². The van der Waals surface area contributed by atoms with Crippen LogP contribution in [-0.4, -0.2) is 14.5 Å². The van der Waals surface area contributed by atoms with Gasteiger partial charge in [-0.05, 0) is 41.8 Å². The molecule has 0 aliphatic rings. The summed E-state index contributed by atoms with van der Waals surface area (Å²) in [6, 6.07) is 14.2. The lowest BCUT2D eigenvalue weighted by atomic mass is 10.3. The van der Waals surface area contributed by atoms with Gasteiger partial charge in [-0.2, -0.15) is 0 Å².